The molecule has 1 aromatic heterocycles. The average molecular weight is 632 g/mol. The van der Waals surface area contributed by atoms with Gasteiger partial charge in [0.2, 0.25) is 5.82 Å². The quantitative estimate of drug-likeness (QED) is 0.0750. The van der Waals surface area contributed by atoms with Crippen molar-refractivity contribution >= 4 is 17.7 Å². The minimum Gasteiger partial charge on any atom is -0.392 e. The number of benzene rings is 3. The number of amides is 1. The lowest BCUT2D eigenvalue weighted by Gasteiger charge is -2.41. The van der Waals surface area contributed by atoms with Crippen LogP contribution in [0.5, 0.6) is 0 Å². The SMILES string of the molecule is CC1C(CSc2ncccn2)OC(c2ccc(CNC(=O)c3c(F)c(F)c(F)c(F)c3F)cc2)OC1c1ccc(CO)cc1. The van der Waals surface area contributed by atoms with Crippen LogP contribution in [0.2, 0.25) is 0 Å². The molecule has 2 N–H and O–H groups in total. The van der Waals surface area contributed by atoms with Crippen molar-refractivity contribution in [1.82, 2.24) is 15.3 Å². The Hall–Kier alpha value is -3.91. The topological polar surface area (TPSA) is 93.6 Å². The van der Waals surface area contributed by atoms with E-state index in [1.807, 2.05) is 31.2 Å². The first-order valence-corrected chi connectivity index (χ1v) is 14.4. The number of nitrogens with one attached hydrogen (secondary N) is 1. The average Bonchev–Trinajstić information content (AvgIpc) is 3.06. The third-order valence-electron chi connectivity index (χ3n) is 7.18. The zero-order chi connectivity index (χ0) is 31.4. The summed E-state index contributed by atoms with van der Waals surface area (Å²) in [5.41, 5.74) is 1.25. The van der Waals surface area contributed by atoms with Gasteiger partial charge >= 0.3 is 0 Å². The Balaban J connectivity index is 1.31. The summed E-state index contributed by atoms with van der Waals surface area (Å²) in [5, 5.41) is 12.2. The van der Waals surface area contributed by atoms with E-state index in [2.05, 4.69) is 15.3 Å². The van der Waals surface area contributed by atoms with Crippen LogP contribution in [0, 0.1) is 35.0 Å². The molecule has 0 radical (unpaired) electrons. The normalized spacial score (nSPS) is 20.0. The second kappa shape index (κ2) is 13.8. The van der Waals surface area contributed by atoms with E-state index in [-0.39, 0.29) is 31.3 Å². The number of carbonyl (C=O) groups excluding carboxylic acids is 1. The largest absolute Gasteiger partial charge is 0.392 e. The number of carbonyl (C=O) groups is 1. The number of halogens is 5. The third kappa shape index (κ3) is 6.75. The summed E-state index contributed by atoms with van der Waals surface area (Å²) in [6.45, 7) is 1.68. The van der Waals surface area contributed by atoms with Gasteiger partial charge in [0.05, 0.1) is 18.8 Å². The minimum atomic E-state index is -2.34. The number of nitrogens with zero attached hydrogens (tertiary/aromatic N) is 2. The van der Waals surface area contributed by atoms with E-state index < -0.39 is 46.8 Å². The zero-order valence-corrected chi connectivity index (χ0v) is 24.0. The standard InChI is InChI=1S/C31H26F5N3O4S/c1-16-21(15-44-31-37-11-2-12-38-31)42-30(43-28(16)19-7-5-18(14-40)6-8-19)20-9-3-17(4-10-20)13-39-29(41)22-23(32)25(34)27(36)26(35)24(22)33/h2-12,16,21,28,30,40H,13-15H2,1H3,(H,39,41). The lowest BCUT2D eigenvalue weighted by atomic mass is 9.91. The van der Waals surface area contributed by atoms with Crippen molar-refractivity contribution in [3.63, 3.8) is 0 Å². The van der Waals surface area contributed by atoms with Crippen LogP contribution in [0.1, 0.15) is 51.9 Å². The van der Waals surface area contributed by atoms with Crippen molar-refractivity contribution in [3.05, 3.63) is 124 Å². The fourth-order valence-electron chi connectivity index (χ4n) is 4.69. The molecule has 4 aromatic rings. The molecule has 1 fully saturated rings. The highest BCUT2D eigenvalue weighted by atomic mass is 32.2. The molecule has 1 amide bonds. The number of ether oxygens (including phenoxy) is 2. The maximum atomic E-state index is 14.0. The van der Waals surface area contributed by atoms with Crippen molar-refractivity contribution in [2.24, 2.45) is 5.92 Å². The van der Waals surface area contributed by atoms with Gasteiger partial charge in [-0.2, -0.15) is 0 Å². The van der Waals surface area contributed by atoms with Crippen LogP contribution in [-0.2, 0) is 22.6 Å². The van der Waals surface area contributed by atoms with E-state index >= 15 is 0 Å². The summed E-state index contributed by atoms with van der Waals surface area (Å²) in [7, 11) is 0. The van der Waals surface area contributed by atoms with Gasteiger partial charge < -0.3 is 19.9 Å². The number of thioether (sulfide) groups is 1. The maximum absolute atomic E-state index is 14.0. The molecular formula is C31H26F5N3O4S. The van der Waals surface area contributed by atoms with E-state index in [4.69, 9.17) is 9.47 Å². The molecule has 4 atom stereocenters. The van der Waals surface area contributed by atoms with E-state index in [9.17, 15) is 31.9 Å². The van der Waals surface area contributed by atoms with Gasteiger partial charge in [0.25, 0.3) is 5.91 Å². The van der Waals surface area contributed by atoms with Gasteiger partial charge in [0.15, 0.2) is 34.7 Å². The molecule has 13 heteroatoms. The van der Waals surface area contributed by atoms with Gasteiger partial charge in [-0.1, -0.05) is 67.2 Å². The molecule has 0 bridgehead atoms. The first-order valence-electron chi connectivity index (χ1n) is 13.5. The number of aliphatic hydroxyl groups is 1. The van der Waals surface area contributed by atoms with Gasteiger partial charge in [-0.3, -0.25) is 4.79 Å². The highest BCUT2D eigenvalue weighted by Crippen LogP contribution is 2.42. The van der Waals surface area contributed by atoms with E-state index in [1.54, 1.807) is 42.7 Å². The zero-order valence-electron chi connectivity index (χ0n) is 23.1. The van der Waals surface area contributed by atoms with E-state index in [1.165, 1.54) is 11.8 Å². The Morgan fingerprint density at radius 1 is 0.841 bits per heavy atom. The van der Waals surface area contributed by atoms with Crippen LogP contribution in [-0.4, -0.2) is 32.8 Å². The summed E-state index contributed by atoms with van der Waals surface area (Å²) in [6.07, 6.45) is 1.90. The third-order valence-corrected chi connectivity index (χ3v) is 8.15. The van der Waals surface area contributed by atoms with Crippen LogP contribution < -0.4 is 5.32 Å². The first kappa shape index (κ1) is 31.5. The number of hydrogen-bond acceptors (Lipinski definition) is 7. The van der Waals surface area contributed by atoms with Crippen LogP contribution in [0.15, 0.2) is 72.1 Å². The number of aliphatic hydroxyl groups excluding tert-OH is 1. The fraction of sp³-hybridized carbons (Fsp3) is 0.258. The van der Waals surface area contributed by atoms with Gasteiger partial charge in [0.1, 0.15) is 5.56 Å². The Morgan fingerprint density at radius 2 is 1.41 bits per heavy atom. The molecule has 7 nitrogen and oxygen atoms in total. The lowest BCUT2D eigenvalue weighted by molar-refractivity contribution is -0.268. The predicted molar refractivity (Wildman–Crippen MR) is 150 cm³/mol. The molecule has 230 valence electrons. The molecule has 1 saturated heterocycles. The van der Waals surface area contributed by atoms with Gasteiger partial charge in [-0.25, -0.2) is 31.9 Å². The molecule has 0 spiro atoms. The second-order valence-corrected chi connectivity index (χ2v) is 11.0. The monoisotopic (exact) mass is 631 g/mol. The molecular weight excluding hydrogens is 605 g/mol. The van der Waals surface area contributed by atoms with Crippen molar-refractivity contribution in [2.75, 3.05) is 5.75 Å². The fourth-order valence-corrected chi connectivity index (χ4v) is 5.66. The number of aromatic nitrogens is 2. The summed E-state index contributed by atoms with van der Waals surface area (Å²) < 4.78 is 81.2. The Morgan fingerprint density at radius 3 is 2.02 bits per heavy atom. The highest BCUT2D eigenvalue weighted by molar-refractivity contribution is 7.99. The molecule has 5 rings (SSSR count). The van der Waals surface area contributed by atoms with Crippen LogP contribution >= 0.6 is 11.8 Å². The highest BCUT2D eigenvalue weighted by Gasteiger charge is 2.38. The maximum Gasteiger partial charge on any atom is 0.257 e. The van der Waals surface area contributed by atoms with Crippen molar-refractivity contribution in [2.45, 2.75) is 43.7 Å². The molecule has 2 heterocycles. The Bertz CT molecular complexity index is 1580. The summed E-state index contributed by atoms with van der Waals surface area (Å²) in [6, 6.07) is 15.8. The lowest BCUT2D eigenvalue weighted by Crippen LogP contribution is -2.38. The smallest absolute Gasteiger partial charge is 0.257 e. The number of rotatable bonds is 9. The molecule has 1 aliphatic rings. The van der Waals surface area contributed by atoms with E-state index in [0.29, 0.717) is 22.0 Å². The summed E-state index contributed by atoms with van der Waals surface area (Å²) in [5.74, 6) is -12.1. The molecule has 0 saturated carbocycles. The molecule has 44 heavy (non-hydrogen) atoms. The van der Waals surface area contributed by atoms with Crippen molar-refractivity contribution in [3.8, 4) is 0 Å². The molecule has 4 unspecified atom stereocenters. The predicted octanol–water partition coefficient (Wildman–Crippen LogP) is 6.18. The van der Waals surface area contributed by atoms with Gasteiger partial charge in [0, 0.05) is 36.2 Å². The minimum absolute atomic E-state index is 0.0705. The molecule has 3 aromatic carbocycles. The van der Waals surface area contributed by atoms with Gasteiger partial charge in [-0.15, -0.1) is 0 Å². The van der Waals surface area contributed by atoms with Gasteiger partial charge in [-0.05, 0) is 22.8 Å². The molecule has 0 aliphatic carbocycles. The Labute approximate surface area is 253 Å². The number of hydrogen-bond donors (Lipinski definition) is 2. The summed E-state index contributed by atoms with van der Waals surface area (Å²) in [4.78, 5) is 20.8. The van der Waals surface area contributed by atoms with Crippen molar-refractivity contribution < 1.29 is 41.3 Å². The second-order valence-electron chi connectivity index (χ2n) is 10.0. The van der Waals surface area contributed by atoms with E-state index in [0.717, 1.165) is 11.1 Å². The first-order chi connectivity index (χ1) is 21.2. The van der Waals surface area contributed by atoms with Crippen LogP contribution in [0.3, 0.4) is 0 Å². The van der Waals surface area contributed by atoms with Crippen molar-refractivity contribution in [1.29, 1.82) is 0 Å². The Kier molecular flexibility index (Phi) is 9.89. The van der Waals surface area contributed by atoms with Crippen LogP contribution in [0.4, 0.5) is 22.0 Å². The van der Waals surface area contributed by atoms with Crippen LogP contribution in [0.25, 0.3) is 0 Å². The summed E-state index contributed by atoms with van der Waals surface area (Å²) >= 11 is 1.45. The molecule has 1 aliphatic heterocycles.